The zero-order chi connectivity index (χ0) is 14.4. The van der Waals surface area contributed by atoms with Crippen LogP contribution in [0.4, 0.5) is 15.8 Å². The minimum absolute atomic E-state index is 0.270. The molecular weight excluding hydrogens is 273 g/mol. The van der Waals surface area contributed by atoms with Gasteiger partial charge in [-0.3, -0.25) is 10.9 Å². The number of nitrogens with one attached hydrogen (secondary N) is 3. The topological polar surface area (TPSA) is 36.1 Å². The zero-order valence-corrected chi connectivity index (χ0v) is 11.9. The van der Waals surface area contributed by atoms with E-state index in [9.17, 15) is 4.39 Å². The van der Waals surface area contributed by atoms with E-state index in [0.717, 1.165) is 17.8 Å². The molecule has 0 unspecified atom stereocenters. The van der Waals surface area contributed by atoms with Crippen LogP contribution in [0.25, 0.3) is 0 Å². The van der Waals surface area contributed by atoms with Crippen LogP contribution < -0.4 is 16.2 Å². The summed E-state index contributed by atoms with van der Waals surface area (Å²) in [5, 5.41) is 3.58. The van der Waals surface area contributed by atoms with Gasteiger partial charge in [0.1, 0.15) is 5.82 Å². The molecular formula is C15H16FN3S. The number of hydrogen-bond acceptors (Lipinski definition) is 2. The fourth-order valence-corrected chi connectivity index (χ4v) is 1.93. The van der Waals surface area contributed by atoms with Gasteiger partial charge in [0.2, 0.25) is 0 Å². The molecule has 0 aliphatic heterocycles. The number of halogens is 1. The van der Waals surface area contributed by atoms with Gasteiger partial charge in [0.05, 0.1) is 5.69 Å². The van der Waals surface area contributed by atoms with Gasteiger partial charge in [-0.15, -0.1) is 0 Å². The molecule has 2 aromatic carbocycles. The van der Waals surface area contributed by atoms with E-state index in [-0.39, 0.29) is 5.82 Å². The van der Waals surface area contributed by atoms with Gasteiger partial charge in [0, 0.05) is 5.69 Å². The maximum atomic E-state index is 12.8. The van der Waals surface area contributed by atoms with Gasteiger partial charge in [-0.2, -0.15) is 0 Å². The first-order valence-electron chi connectivity index (χ1n) is 6.35. The first-order valence-corrected chi connectivity index (χ1v) is 6.76. The van der Waals surface area contributed by atoms with Gasteiger partial charge >= 0.3 is 0 Å². The molecule has 0 spiro atoms. The highest BCUT2D eigenvalue weighted by Gasteiger charge is 2.01. The summed E-state index contributed by atoms with van der Waals surface area (Å²) in [5.74, 6) is -0.270. The van der Waals surface area contributed by atoms with Crippen molar-refractivity contribution in [1.29, 1.82) is 0 Å². The van der Waals surface area contributed by atoms with Crippen molar-refractivity contribution in [1.82, 2.24) is 5.43 Å². The van der Waals surface area contributed by atoms with Crippen LogP contribution in [0.1, 0.15) is 12.5 Å². The van der Waals surface area contributed by atoms with Crippen molar-refractivity contribution < 1.29 is 4.39 Å². The number of aryl methyl sites for hydroxylation is 1. The molecule has 0 saturated heterocycles. The fourth-order valence-electron chi connectivity index (χ4n) is 1.77. The molecule has 0 saturated carbocycles. The molecule has 0 atom stereocenters. The SMILES string of the molecule is CCc1ccccc1NC(=S)NNc1ccc(F)cc1. The Morgan fingerprint density at radius 3 is 2.50 bits per heavy atom. The third kappa shape index (κ3) is 3.93. The molecule has 0 aliphatic carbocycles. The molecule has 3 N–H and O–H groups in total. The summed E-state index contributed by atoms with van der Waals surface area (Å²) in [4.78, 5) is 0. The molecule has 0 heterocycles. The Kier molecular flexibility index (Phi) is 4.90. The number of rotatable bonds is 4. The highest BCUT2D eigenvalue weighted by molar-refractivity contribution is 7.80. The molecule has 0 fully saturated rings. The largest absolute Gasteiger partial charge is 0.331 e. The van der Waals surface area contributed by atoms with Crippen molar-refractivity contribution in [3.05, 3.63) is 59.9 Å². The van der Waals surface area contributed by atoms with E-state index in [0.29, 0.717) is 5.11 Å². The molecule has 3 nitrogen and oxygen atoms in total. The van der Waals surface area contributed by atoms with Gasteiger partial charge in [0.25, 0.3) is 0 Å². The number of para-hydroxylation sites is 1. The zero-order valence-electron chi connectivity index (χ0n) is 11.1. The lowest BCUT2D eigenvalue weighted by atomic mass is 10.1. The van der Waals surface area contributed by atoms with E-state index in [2.05, 4.69) is 29.2 Å². The van der Waals surface area contributed by atoms with Gasteiger partial charge < -0.3 is 5.32 Å². The van der Waals surface area contributed by atoms with Crippen LogP contribution >= 0.6 is 12.2 Å². The summed E-state index contributed by atoms with van der Waals surface area (Å²) in [7, 11) is 0. The first kappa shape index (κ1) is 14.3. The van der Waals surface area contributed by atoms with Gasteiger partial charge in [0.15, 0.2) is 5.11 Å². The Labute approximate surface area is 123 Å². The molecule has 20 heavy (non-hydrogen) atoms. The van der Waals surface area contributed by atoms with Crippen LogP contribution in [0.2, 0.25) is 0 Å². The molecule has 0 bridgehead atoms. The van der Waals surface area contributed by atoms with E-state index >= 15 is 0 Å². The Bertz CT molecular complexity index is 584. The van der Waals surface area contributed by atoms with Crippen LogP contribution in [0, 0.1) is 5.82 Å². The summed E-state index contributed by atoms with van der Waals surface area (Å²) in [5.41, 5.74) is 8.68. The highest BCUT2D eigenvalue weighted by Crippen LogP contribution is 2.15. The number of benzene rings is 2. The Hall–Kier alpha value is -2.14. The van der Waals surface area contributed by atoms with E-state index in [1.54, 1.807) is 12.1 Å². The predicted molar refractivity (Wildman–Crippen MR) is 85.2 cm³/mol. The molecule has 2 rings (SSSR count). The van der Waals surface area contributed by atoms with Crippen LogP contribution in [0.5, 0.6) is 0 Å². The second-order valence-electron chi connectivity index (χ2n) is 4.22. The average Bonchev–Trinajstić information content (AvgIpc) is 2.47. The van der Waals surface area contributed by atoms with Crippen molar-refractivity contribution in [2.75, 3.05) is 10.7 Å². The predicted octanol–water partition coefficient (Wildman–Crippen LogP) is 3.70. The number of hydrogen-bond donors (Lipinski definition) is 3. The lowest BCUT2D eigenvalue weighted by Crippen LogP contribution is -2.33. The second-order valence-corrected chi connectivity index (χ2v) is 4.63. The maximum absolute atomic E-state index is 12.8. The summed E-state index contributed by atoms with van der Waals surface area (Å²) in [6.07, 6.45) is 0.928. The summed E-state index contributed by atoms with van der Waals surface area (Å²) >= 11 is 5.21. The van der Waals surface area contributed by atoms with Crippen molar-refractivity contribution in [3.63, 3.8) is 0 Å². The van der Waals surface area contributed by atoms with Gasteiger partial charge in [-0.05, 0) is 54.5 Å². The van der Waals surface area contributed by atoms with Crippen molar-refractivity contribution >= 4 is 28.7 Å². The Morgan fingerprint density at radius 1 is 1.10 bits per heavy atom. The quantitative estimate of drug-likeness (QED) is 0.592. The standard InChI is InChI=1S/C15H16FN3S/c1-2-11-5-3-4-6-14(11)17-15(20)19-18-13-9-7-12(16)8-10-13/h3-10,18H,2H2,1H3,(H2,17,19,20). The molecule has 0 aromatic heterocycles. The summed E-state index contributed by atoms with van der Waals surface area (Å²) in [6, 6.07) is 14.0. The molecule has 104 valence electrons. The van der Waals surface area contributed by atoms with Crippen LogP contribution in [0.3, 0.4) is 0 Å². The monoisotopic (exact) mass is 289 g/mol. The number of thiocarbonyl (C=S) groups is 1. The minimum Gasteiger partial charge on any atom is -0.331 e. The van der Waals surface area contributed by atoms with Crippen molar-refractivity contribution in [3.8, 4) is 0 Å². The summed E-state index contributed by atoms with van der Waals surface area (Å²) < 4.78 is 12.8. The van der Waals surface area contributed by atoms with E-state index < -0.39 is 0 Å². The van der Waals surface area contributed by atoms with E-state index in [4.69, 9.17) is 12.2 Å². The lowest BCUT2D eigenvalue weighted by molar-refractivity contribution is 0.628. The van der Waals surface area contributed by atoms with E-state index in [1.807, 2.05) is 18.2 Å². The van der Waals surface area contributed by atoms with Gasteiger partial charge in [-0.1, -0.05) is 25.1 Å². The fraction of sp³-hybridized carbons (Fsp3) is 0.133. The first-order chi connectivity index (χ1) is 9.69. The smallest absolute Gasteiger partial charge is 0.189 e. The average molecular weight is 289 g/mol. The Morgan fingerprint density at radius 2 is 1.80 bits per heavy atom. The number of hydrazine groups is 1. The van der Waals surface area contributed by atoms with Crippen molar-refractivity contribution in [2.45, 2.75) is 13.3 Å². The molecule has 0 aliphatic rings. The molecule has 5 heteroatoms. The highest BCUT2D eigenvalue weighted by atomic mass is 32.1. The van der Waals surface area contributed by atoms with E-state index in [1.165, 1.54) is 17.7 Å². The molecule has 0 radical (unpaired) electrons. The van der Waals surface area contributed by atoms with Crippen LogP contribution in [-0.2, 0) is 6.42 Å². The third-order valence-electron chi connectivity index (χ3n) is 2.81. The minimum atomic E-state index is -0.270. The van der Waals surface area contributed by atoms with Crippen LogP contribution in [-0.4, -0.2) is 5.11 Å². The second kappa shape index (κ2) is 6.86. The Balaban J connectivity index is 1.91. The summed E-state index contributed by atoms with van der Waals surface area (Å²) in [6.45, 7) is 2.09. The molecule has 2 aromatic rings. The number of anilines is 2. The molecule has 0 amide bonds. The van der Waals surface area contributed by atoms with Crippen molar-refractivity contribution in [2.24, 2.45) is 0 Å². The third-order valence-corrected chi connectivity index (χ3v) is 3.02. The lowest BCUT2D eigenvalue weighted by Gasteiger charge is -2.14. The van der Waals surface area contributed by atoms with Crippen LogP contribution in [0.15, 0.2) is 48.5 Å². The normalized spacial score (nSPS) is 9.90. The maximum Gasteiger partial charge on any atom is 0.189 e. The van der Waals surface area contributed by atoms with Gasteiger partial charge in [-0.25, -0.2) is 4.39 Å².